The second kappa shape index (κ2) is 6.04. The van der Waals surface area contributed by atoms with Crippen LogP contribution in [0.25, 0.3) is 0 Å². The summed E-state index contributed by atoms with van der Waals surface area (Å²) in [4.78, 5) is 13.9. The van der Waals surface area contributed by atoms with E-state index in [4.69, 9.17) is 5.73 Å². The summed E-state index contributed by atoms with van der Waals surface area (Å²) in [5, 5.41) is 0. The molecule has 0 bridgehead atoms. The van der Waals surface area contributed by atoms with Gasteiger partial charge in [0.05, 0.1) is 0 Å². The van der Waals surface area contributed by atoms with Crippen LogP contribution in [-0.4, -0.2) is 29.9 Å². The van der Waals surface area contributed by atoms with Crippen molar-refractivity contribution in [3.63, 3.8) is 0 Å². The van der Waals surface area contributed by atoms with Crippen LogP contribution in [0.2, 0.25) is 0 Å². The van der Waals surface area contributed by atoms with Crippen LogP contribution in [0.1, 0.15) is 46.0 Å². The maximum absolute atomic E-state index is 12.0. The Morgan fingerprint density at radius 3 is 2.44 bits per heavy atom. The molecule has 0 atom stereocenters. The Labute approximate surface area is 98.7 Å². The third-order valence-electron chi connectivity index (χ3n) is 3.46. The first-order valence-corrected chi connectivity index (χ1v) is 6.25. The highest BCUT2D eigenvalue weighted by Gasteiger charge is 2.25. The molecule has 1 amide bonds. The summed E-state index contributed by atoms with van der Waals surface area (Å²) >= 11 is 0. The highest BCUT2D eigenvalue weighted by Crippen LogP contribution is 2.22. The van der Waals surface area contributed by atoms with Crippen molar-refractivity contribution in [3.8, 4) is 0 Å². The van der Waals surface area contributed by atoms with E-state index < -0.39 is 0 Å². The number of hydrogen-bond acceptors (Lipinski definition) is 2. The van der Waals surface area contributed by atoms with Gasteiger partial charge in [-0.15, -0.1) is 0 Å². The molecule has 2 N–H and O–H groups in total. The standard InChI is InChI=1S/C13H24N2O/c1-4-5-10(2)13(16)15(3)12-8-6-11(14)7-9-12/h5,11-12H,4,6-9,14H2,1-3H3. The van der Waals surface area contributed by atoms with Crippen molar-refractivity contribution in [3.05, 3.63) is 11.6 Å². The topological polar surface area (TPSA) is 46.3 Å². The van der Waals surface area contributed by atoms with Crippen LogP contribution in [-0.2, 0) is 4.79 Å². The quantitative estimate of drug-likeness (QED) is 0.746. The Morgan fingerprint density at radius 2 is 1.94 bits per heavy atom. The molecule has 0 aromatic rings. The molecular formula is C13H24N2O. The molecular weight excluding hydrogens is 200 g/mol. The molecule has 0 unspecified atom stereocenters. The molecule has 1 saturated carbocycles. The number of carbonyl (C=O) groups is 1. The summed E-state index contributed by atoms with van der Waals surface area (Å²) < 4.78 is 0. The number of nitrogens with two attached hydrogens (primary N) is 1. The first-order chi connectivity index (χ1) is 7.56. The van der Waals surface area contributed by atoms with Gasteiger partial charge in [0.2, 0.25) is 5.91 Å². The van der Waals surface area contributed by atoms with E-state index in [1.165, 1.54) is 0 Å². The Morgan fingerprint density at radius 1 is 1.38 bits per heavy atom. The van der Waals surface area contributed by atoms with Gasteiger partial charge in [0.25, 0.3) is 0 Å². The zero-order chi connectivity index (χ0) is 12.1. The van der Waals surface area contributed by atoms with Gasteiger partial charge in [-0.05, 0) is 39.0 Å². The number of amides is 1. The molecule has 16 heavy (non-hydrogen) atoms. The molecule has 1 aliphatic rings. The third-order valence-corrected chi connectivity index (χ3v) is 3.46. The summed E-state index contributed by atoms with van der Waals surface area (Å²) in [5.41, 5.74) is 6.73. The van der Waals surface area contributed by atoms with Crippen LogP contribution in [0.4, 0.5) is 0 Å². The average molecular weight is 224 g/mol. The number of rotatable bonds is 3. The zero-order valence-corrected chi connectivity index (χ0v) is 10.7. The Bertz CT molecular complexity index is 265. The van der Waals surface area contributed by atoms with Crippen molar-refractivity contribution in [2.45, 2.75) is 58.0 Å². The van der Waals surface area contributed by atoms with Crippen LogP contribution < -0.4 is 5.73 Å². The van der Waals surface area contributed by atoms with Gasteiger partial charge >= 0.3 is 0 Å². The van der Waals surface area contributed by atoms with Gasteiger partial charge < -0.3 is 10.6 Å². The van der Waals surface area contributed by atoms with E-state index in [0.29, 0.717) is 12.1 Å². The minimum Gasteiger partial charge on any atom is -0.339 e. The van der Waals surface area contributed by atoms with Crippen molar-refractivity contribution in [2.75, 3.05) is 7.05 Å². The molecule has 0 radical (unpaired) electrons. The van der Waals surface area contributed by atoms with Crippen molar-refractivity contribution < 1.29 is 4.79 Å². The second-order valence-corrected chi connectivity index (χ2v) is 4.78. The minimum atomic E-state index is 0.169. The average Bonchev–Trinajstić information content (AvgIpc) is 2.28. The van der Waals surface area contributed by atoms with Crippen molar-refractivity contribution in [1.29, 1.82) is 0 Å². The molecule has 0 saturated heterocycles. The van der Waals surface area contributed by atoms with Crippen LogP contribution in [0.15, 0.2) is 11.6 Å². The number of nitrogens with zero attached hydrogens (tertiary/aromatic N) is 1. The van der Waals surface area contributed by atoms with Gasteiger partial charge in [0.1, 0.15) is 0 Å². The fourth-order valence-electron chi connectivity index (χ4n) is 2.33. The highest BCUT2D eigenvalue weighted by atomic mass is 16.2. The maximum Gasteiger partial charge on any atom is 0.249 e. The molecule has 3 heteroatoms. The first-order valence-electron chi connectivity index (χ1n) is 6.25. The van der Waals surface area contributed by atoms with Gasteiger partial charge in [-0.2, -0.15) is 0 Å². The second-order valence-electron chi connectivity index (χ2n) is 4.78. The Hall–Kier alpha value is -0.830. The molecule has 1 fully saturated rings. The lowest BCUT2D eigenvalue weighted by atomic mass is 9.90. The van der Waals surface area contributed by atoms with E-state index in [1.807, 2.05) is 24.9 Å². The molecule has 0 heterocycles. The van der Waals surface area contributed by atoms with E-state index in [2.05, 4.69) is 6.92 Å². The summed E-state index contributed by atoms with van der Waals surface area (Å²) in [6.07, 6.45) is 7.08. The predicted molar refractivity (Wildman–Crippen MR) is 67.0 cm³/mol. The summed E-state index contributed by atoms with van der Waals surface area (Å²) in [5.74, 6) is 0.169. The normalized spacial score (nSPS) is 26.6. The van der Waals surface area contributed by atoms with E-state index in [1.54, 1.807) is 0 Å². The Balaban J connectivity index is 2.54. The molecule has 0 aliphatic heterocycles. The number of allylic oxidation sites excluding steroid dienone is 1. The molecule has 0 aromatic carbocycles. The van der Waals surface area contributed by atoms with Crippen molar-refractivity contribution in [1.82, 2.24) is 4.90 Å². The first kappa shape index (κ1) is 13.2. The van der Waals surface area contributed by atoms with E-state index >= 15 is 0 Å². The van der Waals surface area contributed by atoms with Gasteiger partial charge in [-0.25, -0.2) is 0 Å². The van der Waals surface area contributed by atoms with Crippen LogP contribution in [0.5, 0.6) is 0 Å². The van der Waals surface area contributed by atoms with Crippen molar-refractivity contribution >= 4 is 5.91 Å². The smallest absolute Gasteiger partial charge is 0.249 e. The lowest BCUT2D eigenvalue weighted by Gasteiger charge is -2.33. The maximum atomic E-state index is 12.0. The summed E-state index contributed by atoms with van der Waals surface area (Å²) in [6.45, 7) is 3.95. The molecule has 0 aromatic heterocycles. The van der Waals surface area contributed by atoms with Crippen molar-refractivity contribution in [2.24, 2.45) is 5.73 Å². The lowest BCUT2D eigenvalue weighted by Crippen LogP contribution is -2.42. The van der Waals surface area contributed by atoms with E-state index in [-0.39, 0.29) is 5.91 Å². The summed E-state index contributed by atoms with van der Waals surface area (Å²) in [6, 6.07) is 0.722. The fraction of sp³-hybridized carbons (Fsp3) is 0.769. The zero-order valence-electron chi connectivity index (χ0n) is 10.7. The summed E-state index contributed by atoms with van der Waals surface area (Å²) in [7, 11) is 1.91. The molecule has 1 aliphatic carbocycles. The molecule has 0 spiro atoms. The minimum absolute atomic E-state index is 0.169. The van der Waals surface area contributed by atoms with Gasteiger partial charge in [-0.1, -0.05) is 13.0 Å². The van der Waals surface area contributed by atoms with Gasteiger partial charge in [0, 0.05) is 24.7 Å². The molecule has 1 rings (SSSR count). The van der Waals surface area contributed by atoms with E-state index in [9.17, 15) is 4.79 Å². The van der Waals surface area contributed by atoms with Gasteiger partial charge in [-0.3, -0.25) is 4.79 Å². The monoisotopic (exact) mass is 224 g/mol. The van der Waals surface area contributed by atoms with Crippen LogP contribution in [0.3, 0.4) is 0 Å². The fourth-order valence-corrected chi connectivity index (χ4v) is 2.33. The Kier molecular flexibility index (Phi) is 5.00. The van der Waals surface area contributed by atoms with Gasteiger partial charge in [0.15, 0.2) is 0 Å². The number of likely N-dealkylation sites (N-methyl/N-ethyl adjacent to an activating group) is 1. The van der Waals surface area contributed by atoms with Crippen LogP contribution >= 0.6 is 0 Å². The SMILES string of the molecule is CCC=C(C)C(=O)N(C)C1CCC(N)CC1. The van der Waals surface area contributed by atoms with E-state index in [0.717, 1.165) is 37.7 Å². The number of hydrogen-bond donors (Lipinski definition) is 1. The highest BCUT2D eigenvalue weighted by molar-refractivity contribution is 5.92. The largest absolute Gasteiger partial charge is 0.339 e. The molecule has 92 valence electrons. The van der Waals surface area contributed by atoms with Crippen LogP contribution in [0, 0.1) is 0 Å². The lowest BCUT2D eigenvalue weighted by molar-refractivity contribution is -0.128. The third kappa shape index (κ3) is 3.34. The number of carbonyl (C=O) groups excluding carboxylic acids is 1. The molecule has 3 nitrogen and oxygen atoms in total. The predicted octanol–water partition coefficient (Wildman–Crippen LogP) is 2.07.